The molecule has 0 atom stereocenters. The van der Waals surface area contributed by atoms with E-state index in [1.165, 1.54) is 12.2 Å². The maximum atomic E-state index is 12.3. The van der Waals surface area contributed by atoms with Gasteiger partial charge >= 0.3 is 0 Å². The van der Waals surface area contributed by atoms with Gasteiger partial charge in [-0.3, -0.25) is 0 Å². The highest BCUT2D eigenvalue weighted by Crippen LogP contribution is 2.06. The van der Waals surface area contributed by atoms with Crippen LogP contribution in [0.1, 0.15) is 6.42 Å². The lowest BCUT2D eigenvalue weighted by Gasteiger charge is -1.86. The molecule has 0 nitrogen and oxygen atoms in total. The van der Waals surface area contributed by atoms with Crippen LogP contribution < -0.4 is 0 Å². The third kappa shape index (κ3) is 2.00. The predicted octanol–water partition coefficient (Wildman–Crippen LogP) is 2.81. The molecule has 0 aliphatic heterocycles. The lowest BCUT2D eigenvalue weighted by molar-refractivity contribution is 0.642. The smallest absolute Gasteiger partial charge is 0.168 e. The minimum absolute atomic E-state index is 0.558. The monoisotopic (exact) mass is 140 g/mol. The summed E-state index contributed by atoms with van der Waals surface area (Å²) in [6.07, 6.45) is 6.16. The zero-order chi connectivity index (χ0) is 7.40. The normalized spacial score (nSPS) is 23.8. The fraction of sp³-hybridized carbons (Fsp3) is 0.125. The van der Waals surface area contributed by atoms with Crippen molar-refractivity contribution in [3.05, 3.63) is 41.7 Å². The van der Waals surface area contributed by atoms with Crippen LogP contribution in [0.3, 0.4) is 0 Å². The van der Waals surface area contributed by atoms with Crippen LogP contribution in [0.15, 0.2) is 41.7 Å². The molecular weight excluding hydrogens is 134 g/mol. The Balaban J connectivity index is 3.03. The maximum absolute atomic E-state index is 12.3. The first kappa shape index (κ1) is 6.97. The Morgan fingerprint density at radius 1 is 1.10 bits per heavy atom. The summed E-state index contributed by atoms with van der Waals surface area (Å²) in [4.78, 5) is 0. The summed E-state index contributed by atoms with van der Waals surface area (Å²) in [5.41, 5.74) is 1.91. The fourth-order valence-electron chi connectivity index (χ4n) is 0.619. The van der Waals surface area contributed by atoms with Crippen molar-refractivity contribution in [3.63, 3.8) is 0 Å². The van der Waals surface area contributed by atoms with Crippen LogP contribution in [-0.2, 0) is 0 Å². The number of rotatable bonds is 0. The van der Waals surface area contributed by atoms with Crippen molar-refractivity contribution >= 4 is 0 Å². The molecule has 1 rings (SSSR count). The second kappa shape index (κ2) is 3.14. The molecule has 0 saturated heterocycles. The first-order valence-corrected chi connectivity index (χ1v) is 2.94. The summed E-state index contributed by atoms with van der Waals surface area (Å²) >= 11 is 0. The quantitative estimate of drug-likeness (QED) is 0.454. The molecule has 0 fully saturated rings. The van der Waals surface area contributed by atoms with E-state index in [2.05, 4.69) is 0 Å². The lowest BCUT2D eigenvalue weighted by atomic mass is 10.3. The van der Waals surface area contributed by atoms with E-state index < -0.39 is 11.7 Å². The molecule has 0 aromatic heterocycles. The third-order valence-electron chi connectivity index (χ3n) is 1.04. The molecular formula is C8H6F2. The number of allylic oxidation sites excluding steroid dienone is 5. The standard InChI is InChI=1S/C8H6F2/c9-7-4-2-1-3-5-8(10)6-7/h2-5H,1H2/b4-2-,5-3-. The summed E-state index contributed by atoms with van der Waals surface area (Å²) < 4.78 is 24.6. The molecule has 0 radical (unpaired) electrons. The Kier molecular flexibility index (Phi) is 2.19. The molecule has 0 aromatic carbocycles. The lowest BCUT2D eigenvalue weighted by Crippen LogP contribution is -1.69. The topological polar surface area (TPSA) is 0 Å². The SMILES string of the molecule is FC1=C=C(F)/C=C\C/C=C\1. The molecule has 0 N–H and O–H groups in total. The Morgan fingerprint density at radius 2 is 1.60 bits per heavy atom. The van der Waals surface area contributed by atoms with Gasteiger partial charge < -0.3 is 0 Å². The second-order valence-corrected chi connectivity index (χ2v) is 1.86. The molecule has 0 aromatic rings. The van der Waals surface area contributed by atoms with Gasteiger partial charge in [-0.15, -0.1) is 0 Å². The average Bonchev–Trinajstić information content (AvgIpc) is 1.83. The Bertz CT molecular complexity index is 218. The van der Waals surface area contributed by atoms with Crippen LogP contribution in [0.2, 0.25) is 0 Å². The van der Waals surface area contributed by atoms with E-state index in [4.69, 9.17) is 0 Å². The zero-order valence-corrected chi connectivity index (χ0v) is 5.27. The minimum atomic E-state index is -0.665. The number of hydrogen-bond donors (Lipinski definition) is 0. The van der Waals surface area contributed by atoms with Gasteiger partial charge in [0.25, 0.3) is 0 Å². The second-order valence-electron chi connectivity index (χ2n) is 1.86. The van der Waals surface area contributed by atoms with Crippen LogP contribution >= 0.6 is 0 Å². The minimum Gasteiger partial charge on any atom is -0.198 e. The molecule has 0 unspecified atom stereocenters. The van der Waals surface area contributed by atoms with Gasteiger partial charge in [-0.05, 0) is 24.3 Å². The van der Waals surface area contributed by atoms with E-state index in [1.807, 2.05) is 5.73 Å². The van der Waals surface area contributed by atoms with E-state index >= 15 is 0 Å². The molecule has 0 amide bonds. The van der Waals surface area contributed by atoms with E-state index in [0.717, 1.165) is 0 Å². The summed E-state index contributed by atoms with van der Waals surface area (Å²) in [5, 5.41) is 0. The van der Waals surface area contributed by atoms with E-state index in [-0.39, 0.29) is 0 Å². The van der Waals surface area contributed by atoms with Crippen molar-refractivity contribution in [2.75, 3.05) is 0 Å². The molecule has 0 spiro atoms. The molecule has 1 aliphatic rings. The van der Waals surface area contributed by atoms with Crippen molar-refractivity contribution in [1.29, 1.82) is 0 Å². The Morgan fingerprint density at radius 3 is 2.10 bits per heavy atom. The highest BCUT2D eigenvalue weighted by Gasteiger charge is 1.90. The largest absolute Gasteiger partial charge is 0.198 e. The fourth-order valence-corrected chi connectivity index (χ4v) is 0.619. The van der Waals surface area contributed by atoms with Crippen molar-refractivity contribution in [2.45, 2.75) is 6.42 Å². The van der Waals surface area contributed by atoms with Gasteiger partial charge in [0.15, 0.2) is 11.7 Å². The third-order valence-corrected chi connectivity index (χ3v) is 1.04. The van der Waals surface area contributed by atoms with E-state index in [9.17, 15) is 8.78 Å². The molecule has 1 aliphatic carbocycles. The van der Waals surface area contributed by atoms with Gasteiger partial charge in [-0.1, -0.05) is 12.2 Å². The van der Waals surface area contributed by atoms with Crippen molar-refractivity contribution < 1.29 is 8.78 Å². The molecule has 2 heteroatoms. The Hall–Kier alpha value is -1.14. The number of hydrogen-bond acceptors (Lipinski definition) is 0. The summed E-state index contributed by atoms with van der Waals surface area (Å²) in [7, 11) is 0. The van der Waals surface area contributed by atoms with Crippen molar-refractivity contribution in [3.8, 4) is 0 Å². The van der Waals surface area contributed by atoms with Crippen LogP contribution in [0.4, 0.5) is 8.78 Å². The van der Waals surface area contributed by atoms with Crippen molar-refractivity contribution in [1.82, 2.24) is 0 Å². The summed E-state index contributed by atoms with van der Waals surface area (Å²) in [6.45, 7) is 0. The van der Waals surface area contributed by atoms with Crippen LogP contribution in [0.25, 0.3) is 0 Å². The molecule has 0 saturated carbocycles. The highest BCUT2D eigenvalue weighted by atomic mass is 19.1. The van der Waals surface area contributed by atoms with E-state index in [0.29, 0.717) is 6.42 Å². The van der Waals surface area contributed by atoms with Gasteiger partial charge in [-0.2, -0.15) is 8.78 Å². The van der Waals surface area contributed by atoms with E-state index in [1.54, 1.807) is 12.2 Å². The zero-order valence-electron chi connectivity index (χ0n) is 5.27. The summed E-state index contributed by atoms with van der Waals surface area (Å²) in [6, 6.07) is 0. The molecule has 0 heterocycles. The Labute approximate surface area is 57.9 Å². The predicted molar refractivity (Wildman–Crippen MR) is 35.7 cm³/mol. The average molecular weight is 140 g/mol. The molecule has 10 heavy (non-hydrogen) atoms. The molecule has 0 bridgehead atoms. The maximum Gasteiger partial charge on any atom is 0.168 e. The number of halogens is 2. The molecule has 52 valence electrons. The summed E-state index contributed by atoms with van der Waals surface area (Å²) in [5.74, 6) is -1.33. The first-order valence-electron chi connectivity index (χ1n) is 2.94. The van der Waals surface area contributed by atoms with Crippen molar-refractivity contribution in [2.24, 2.45) is 0 Å². The van der Waals surface area contributed by atoms with Gasteiger partial charge in [0.1, 0.15) is 0 Å². The van der Waals surface area contributed by atoms with Gasteiger partial charge in [0.05, 0.1) is 0 Å². The van der Waals surface area contributed by atoms with Crippen LogP contribution in [0.5, 0.6) is 0 Å². The van der Waals surface area contributed by atoms with Crippen LogP contribution in [-0.4, -0.2) is 0 Å². The highest BCUT2D eigenvalue weighted by molar-refractivity contribution is 5.21. The van der Waals surface area contributed by atoms with Crippen LogP contribution in [0, 0.1) is 0 Å². The van der Waals surface area contributed by atoms with Gasteiger partial charge in [0, 0.05) is 0 Å². The first-order chi connectivity index (χ1) is 4.79. The van der Waals surface area contributed by atoms with Gasteiger partial charge in [-0.25, -0.2) is 0 Å². The van der Waals surface area contributed by atoms with Gasteiger partial charge in [0.2, 0.25) is 0 Å².